The van der Waals surface area contributed by atoms with Crippen molar-refractivity contribution in [1.29, 1.82) is 0 Å². The Bertz CT molecular complexity index is 726. The van der Waals surface area contributed by atoms with E-state index >= 15 is 0 Å². The van der Waals surface area contributed by atoms with Gasteiger partial charge in [-0.1, -0.05) is 42.0 Å². The lowest BCUT2D eigenvalue weighted by Crippen LogP contribution is -2.26. The van der Waals surface area contributed by atoms with Gasteiger partial charge in [0.1, 0.15) is 0 Å². The molecule has 0 radical (unpaired) electrons. The topological polar surface area (TPSA) is 57.6 Å². The van der Waals surface area contributed by atoms with Crippen LogP contribution >= 0.6 is 0 Å². The van der Waals surface area contributed by atoms with Crippen LogP contribution in [0.5, 0.6) is 0 Å². The fraction of sp³-hybridized carbons (Fsp3) is 0.250. The number of aliphatic hydroxyl groups excluding tert-OH is 1. The van der Waals surface area contributed by atoms with E-state index in [0.29, 0.717) is 12.1 Å². The molecule has 21 heavy (non-hydrogen) atoms. The van der Waals surface area contributed by atoms with Crippen LogP contribution in [0, 0.1) is 6.92 Å². The second kappa shape index (κ2) is 6.39. The van der Waals surface area contributed by atoms with Gasteiger partial charge in [-0.2, -0.15) is 4.31 Å². The zero-order valence-corrected chi connectivity index (χ0v) is 13.0. The molecule has 4 nitrogen and oxygen atoms in total. The molecule has 5 heteroatoms. The van der Waals surface area contributed by atoms with Crippen LogP contribution in [0.3, 0.4) is 0 Å². The van der Waals surface area contributed by atoms with Crippen molar-refractivity contribution in [1.82, 2.24) is 4.31 Å². The molecular formula is C16H19NO3S. The van der Waals surface area contributed by atoms with Crippen molar-refractivity contribution in [2.24, 2.45) is 0 Å². The molecule has 0 fully saturated rings. The summed E-state index contributed by atoms with van der Waals surface area (Å²) in [6.45, 7) is 2.11. The maximum absolute atomic E-state index is 12.5. The molecule has 0 bridgehead atoms. The van der Waals surface area contributed by atoms with Crippen LogP contribution in [0.25, 0.3) is 0 Å². The van der Waals surface area contributed by atoms with E-state index in [2.05, 4.69) is 0 Å². The summed E-state index contributed by atoms with van der Waals surface area (Å²) in [6, 6.07) is 14.1. The Labute approximate surface area is 125 Å². The largest absolute Gasteiger partial charge is 0.392 e. The molecule has 2 rings (SSSR count). The van der Waals surface area contributed by atoms with Gasteiger partial charge in [0.25, 0.3) is 0 Å². The molecule has 112 valence electrons. The van der Waals surface area contributed by atoms with Gasteiger partial charge in [0, 0.05) is 13.6 Å². The zero-order valence-electron chi connectivity index (χ0n) is 12.2. The van der Waals surface area contributed by atoms with E-state index in [1.165, 1.54) is 10.4 Å². The SMILES string of the molecule is Cc1cccc(CN(C)S(=O)(=O)c2cccc(CO)c2)c1. The Kier molecular flexibility index (Phi) is 4.77. The first-order valence-corrected chi connectivity index (χ1v) is 8.09. The van der Waals surface area contributed by atoms with Gasteiger partial charge in [-0.15, -0.1) is 0 Å². The second-order valence-electron chi connectivity index (χ2n) is 5.06. The van der Waals surface area contributed by atoms with Crippen molar-refractivity contribution < 1.29 is 13.5 Å². The number of rotatable bonds is 5. The molecule has 0 saturated carbocycles. The van der Waals surface area contributed by atoms with Gasteiger partial charge in [-0.25, -0.2) is 8.42 Å². The monoisotopic (exact) mass is 305 g/mol. The zero-order chi connectivity index (χ0) is 15.5. The van der Waals surface area contributed by atoms with Crippen LogP contribution in [0.1, 0.15) is 16.7 Å². The van der Waals surface area contributed by atoms with Crippen molar-refractivity contribution in [3.8, 4) is 0 Å². The van der Waals surface area contributed by atoms with Crippen molar-refractivity contribution in [2.45, 2.75) is 25.0 Å². The van der Waals surface area contributed by atoms with Gasteiger partial charge < -0.3 is 5.11 Å². The van der Waals surface area contributed by atoms with Crippen LogP contribution in [0.2, 0.25) is 0 Å². The molecule has 2 aromatic carbocycles. The lowest BCUT2D eigenvalue weighted by molar-refractivity contribution is 0.281. The summed E-state index contributed by atoms with van der Waals surface area (Å²) < 4.78 is 26.4. The third-order valence-corrected chi connectivity index (χ3v) is 5.08. The predicted octanol–water partition coefficient (Wildman–Crippen LogP) is 2.31. The first kappa shape index (κ1) is 15.7. The molecule has 0 amide bonds. The fourth-order valence-corrected chi connectivity index (χ4v) is 3.37. The molecule has 0 aliphatic carbocycles. The van der Waals surface area contributed by atoms with Crippen molar-refractivity contribution in [3.05, 3.63) is 65.2 Å². The quantitative estimate of drug-likeness (QED) is 0.922. The second-order valence-corrected chi connectivity index (χ2v) is 7.10. The van der Waals surface area contributed by atoms with E-state index < -0.39 is 10.0 Å². The molecule has 0 spiro atoms. The number of benzene rings is 2. The van der Waals surface area contributed by atoms with Crippen molar-refractivity contribution >= 4 is 10.0 Å². The van der Waals surface area contributed by atoms with Crippen LogP contribution in [0.4, 0.5) is 0 Å². The fourth-order valence-electron chi connectivity index (χ4n) is 2.14. The van der Waals surface area contributed by atoms with E-state index in [1.807, 2.05) is 31.2 Å². The molecule has 0 heterocycles. The lowest BCUT2D eigenvalue weighted by Gasteiger charge is -2.18. The standard InChI is InChI=1S/C16H19NO3S/c1-13-5-3-6-14(9-13)11-17(2)21(19,20)16-8-4-7-15(10-16)12-18/h3-10,18H,11-12H2,1-2H3. The number of hydrogen-bond acceptors (Lipinski definition) is 3. The van der Waals surface area contributed by atoms with Gasteiger partial charge >= 0.3 is 0 Å². The molecule has 0 unspecified atom stereocenters. The minimum atomic E-state index is -3.56. The van der Waals surface area contributed by atoms with E-state index in [9.17, 15) is 8.42 Å². The average Bonchev–Trinajstić information content (AvgIpc) is 2.47. The van der Waals surface area contributed by atoms with Crippen molar-refractivity contribution in [3.63, 3.8) is 0 Å². The number of sulfonamides is 1. The van der Waals surface area contributed by atoms with Gasteiger partial charge in [-0.3, -0.25) is 0 Å². The Morgan fingerprint density at radius 3 is 2.38 bits per heavy atom. The Hall–Kier alpha value is -1.69. The molecule has 0 aliphatic rings. The minimum Gasteiger partial charge on any atom is -0.392 e. The number of hydrogen-bond donors (Lipinski definition) is 1. The van der Waals surface area contributed by atoms with E-state index in [0.717, 1.165) is 11.1 Å². The highest BCUT2D eigenvalue weighted by atomic mass is 32.2. The van der Waals surface area contributed by atoms with Gasteiger partial charge in [-0.05, 0) is 30.2 Å². The summed E-state index contributed by atoms with van der Waals surface area (Å²) in [5, 5.41) is 9.12. The number of aliphatic hydroxyl groups is 1. The molecule has 0 aromatic heterocycles. The van der Waals surface area contributed by atoms with Crippen LogP contribution in [0.15, 0.2) is 53.4 Å². The molecule has 2 aromatic rings. The highest BCUT2D eigenvalue weighted by Crippen LogP contribution is 2.18. The normalized spacial score (nSPS) is 11.8. The third-order valence-electron chi connectivity index (χ3n) is 3.28. The molecule has 0 atom stereocenters. The highest BCUT2D eigenvalue weighted by Gasteiger charge is 2.21. The maximum atomic E-state index is 12.5. The van der Waals surface area contributed by atoms with E-state index in [4.69, 9.17) is 5.11 Å². The van der Waals surface area contributed by atoms with E-state index in [-0.39, 0.29) is 11.5 Å². The highest BCUT2D eigenvalue weighted by molar-refractivity contribution is 7.89. The molecule has 0 aliphatic heterocycles. The Balaban J connectivity index is 2.26. The lowest BCUT2D eigenvalue weighted by atomic mass is 10.1. The summed E-state index contributed by atoms with van der Waals surface area (Å²) in [5.74, 6) is 0. The smallest absolute Gasteiger partial charge is 0.243 e. The third kappa shape index (κ3) is 3.69. The van der Waals surface area contributed by atoms with Crippen LogP contribution in [-0.2, 0) is 23.2 Å². The van der Waals surface area contributed by atoms with Crippen LogP contribution in [-0.4, -0.2) is 24.9 Å². The van der Waals surface area contributed by atoms with E-state index in [1.54, 1.807) is 25.2 Å². The first-order chi connectivity index (χ1) is 9.93. The average molecular weight is 305 g/mol. The summed E-state index contributed by atoms with van der Waals surface area (Å²) >= 11 is 0. The minimum absolute atomic E-state index is 0.176. The van der Waals surface area contributed by atoms with Crippen molar-refractivity contribution in [2.75, 3.05) is 7.05 Å². The molecular weight excluding hydrogens is 286 g/mol. The number of aryl methyl sites for hydroxylation is 1. The Morgan fingerprint density at radius 2 is 1.71 bits per heavy atom. The maximum Gasteiger partial charge on any atom is 0.243 e. The van der Waals surface area contributed by atoms with Gasteiger partial charge in [0.2, 0.25) is 10.0 Å². The molecule has 0 saturated heterocycles. The number of nitrogens with zero attached hydrogens (tertiary/aromatic N) is 1. The first-order valence-electron chi connectivity index (χ1n) is 6.65. The van der Waals surface area contributed by atoms with Gasteiger partial charge in [0.05, 0.1) is 11.5 Å². The van der Waals surface area contributed by atoms with Crippen LogP contribution < -0.4 is 0 Å². The summed E-state index contributed by atoms with van der Waals surface area (Å²) in [4.78, 5) is 0.198. The molecule has 1 N–H and O–H groups in total. The van der Waals surface area contributed by atoms with Gasteiger partial charge in [0.15, 0.2) is 0 Å². The summed E-state index contributed by atoms with van der Waals surface area (Å²) in [5.41, 5.74) is 2.62. The predicted molar refractivity (Wildman–Crippen MR) is 82.2 cm³/mol. The Morgan fingerprint density at radius 1 is 1.05 bits per heavy atom. The summed E-state index contributed by atoms with van der Waals surface area (Å²) in [6.07, 6.45) is 0. The summed E-state index contributed by atoms with van der Waals surface area (Å²) in [7, 11) is -2.00.